The Labute approximate surface area is 118 Å². The van der Waals surface area contributed by atoms with Crippen LogP contribution in [0.2, 0.25) is 0 Å². The van der Waals surface area contributed by atoms with E-state index in [4.69, 9.17) is 0 Å². The maximum Gasteiger partial charge on any atom is 0.0263 e. The summed E-state index contributed by atoms with van der Waals surface area (Å²) in [5.74, 6) is 0.979. The first-order chi connectivity index (χ1) is 9.38. The third kappa shape index (κ3) is 3.14. The molecule has 0 amide bonds. The fourth-order valence-corrected chi connectivity index (χ4v) is 4.57. The third-order valence-corrected chi connectivity index (χ3v) is 5.74. The number of hydrogen-bond acceptors (Lipinski definition) is 3. The van der Waals surface area contributed by atoms with Gasteiger partial charge < -0.3 is 5.32 Å². The zero-order valence-electron chi connectivity index (χ0n) is 12.6. The van der Waals surface area contributed by atoms with Crippen LogP contribution in [0.25, 0.3) is 0 Å². The van der Waals surface area contributed by atoms with Gasteiger partial charge in [-0.15, -0.1) is 0 Å². The summed E-state index contributed by atoms with van der Waals surface area (Å²) in [5, 5.41) is 3.30. The Morgan fingerprint density at radius 3 is 2.32 bits per heavy atom. The molecule has 2 atom stereocenters. The molecule has 3 heteroatoms. The Morgan fingerprint density at radius 2 is 1.53 bits per heavy atom. The van der Waals surface area contributed by atoms with Crippen molar-refractivity contribution >= 4 is 0 Å². The van der Waals surface area contributed by atoms with Crippen LogP contribution in [0.15, 0.2) is 0 Å². The van der Waals surface area contributed by atoms with Crippen molar-refractivity contribution in [3.63, 3.8) is 0 Å². The minimum Gasteiger partial charge on any atom is -0.320 e. The average molecular weight is 265 g/mol. The van der Waals surface area contributed by atoms with E-state index in [1.54, 1.807) is 0 Å². The van der Waals surface area contributed by atoms with Crippen LogP contribution >= 0.6 is 0 Å². The van der Waals surface area contributed by atoms with Gasteiger partial charge in [-0.2, -0.15) is 0 Å². The van der Waals surface area contributed by atoms with Crippen molar-refractivity contribution in [1.29, 1.82) is 0 Å². The highest BCUT2D eigenvalue weighted by atomic mass is 15.3. The highest BCUT2D eigenvalue weighted by Crippen LogP contribution is 2.33. The summed E-state index contributed by atoms with van der Waals surface area (Å²) in [6, 6.07) is 1.80. The predicted octanol–water partition coefficient (Wildman–Crippen LogP) is 1.93. The summed E-state index contributed by atoms with van der Waals surface area (Å²) in [7, 11) is 2.07. The molecule has 0 radical (unpaired) electrons. The van der Waals surface area contributed by atoms with E-state index in [9.17, 15) is 0 Å². The summed E-state index contributed by atoms with van der Waals surface area (Å²) >= 11 is 0. The van der Waals surface area contributed by atoms with Crippen LogP contribution in [0.5, 0.6) is 0 Å². The zero-order valence-corrected chi connectivity index (χ0v) is 12.6. The molecule has 3 aliphatic heterocycles. The maximum atomic E-state index is 3.30. The van der Waals surface area contributed by atoms with Crippen LogP contribution in [0.1, 0.15) is 44.9 Å². The summed E-state index contributed by atoms with van der Waals surface area (Å²) in [4.78, 5) is 5.62. The number of rotatable bonds is 4. The van der Waals surface area contributed by atoms with E-state index in [0.717, 1.165) is 18.0 Å². The van der Waals surface area contributed by atoms with Gasteiger partial charge in [0, 0.05) is 18.6 Å². The Hall–Kier alpha value is -0.120. The molecule has 0 spiro atoms. The van der Waals surface area contributed by atoms with Crippen molar-refractivity contribution in [2.45, 2.75) is 57.0 Å². The first kappa shape index (κ1) is 13.8. The SMILES string of the molecule is CNCCC1CCN(C2CCN3CCCCC23)CC1. The molecular weight excluding hydrogens is 234 g/mol. The van der Waals surface area contributed by atoms with Gasteiger partial charge in [-0.3, -0.25) is 9.80 Å². The second-order valence-corrected chi connectivity index (χ2v) is 6.83. The van der Waals surface area contributed by atoms with E-state index in [1.807, 2.05) is 0 Å². The van der Waals surface area contributed by atoms with E-state index in [-0.39, 0.29) is 0 Å². The van der Waals surface area contributed by atoms with Crippen LogP contribution in [-0.2, 0) is 0 Å². The summed E-state index contributed by atoms with van der Waals surface area (Å²) in [5.41, 5.74) is 0. The number of fused-ring (bicyclic) bond motifs is 1. The molecule has 0 aromatic rings. The number of likely N-dealkylation sites (tertiary alicyclic amines) is 1. The number of piperidine rings is 2. The lowest BCUT2D eigenvalue weighted by Gasteiger charge is -2.41. The lowest BCUT2D eigenvalue weighted by atomic mass is 9.90. The van der Waals surface area contributed by atoms with E-state index in [1.165, 1.54) is 77.7 Å². The van der Waals surface area contributed by atoms with E-state index in [2.05, 4.69) is 22.2 Å². The molecular formula is C16H31N3. The van der Waals surface area contributed by atoms with Gasteiger partial charge in [0.25, 0.3) is 0 Å². The third-order valence-electron chi connectivity index (χ3n) is 5.74. The molecule has 3 nitrogen and oxygen atoms in total. The Bertz CT molecular complexity index is 273. The van der Waals surface area contributed by atoms with Gasteiger partial charge in [-0.05, 0) is 77.7 Å². The molecule has 3 heterocycles. The fraction of sp³-hybridized carbons (Fsp3) is 1.00. The second-order valence-electron chi connectivity index (χ2n) is 6.83. The molecule has 19 heavy (non-hydrogen) atoms. The fourth-order valence-electron chi connectivity index (χ4n) is 4.57. The lowest BCUT2D eigenvalue weighted by molar-refractivity contribution is 0.0830. The second kappa shape index (κ2) is 6.55. The largest absolute Gasteiger partial charge is 0.320 e. The van der Waals surface area contributed by atoms with Gasteiger partial charge in [0.1, 0.15) is 0 Å². The molecule has 3 fully saturated rings. The van der Waals surface area contributed by atoms with Gasteiger partial charge >= 0.3 is 0 Å². The van der Waals surface area contributed by atoms with Gasteiger partial charge in [0.05, 0.1) is 0 Å². The van der Waals surface area contributed by atoms with Gasteiger partial charge in [0.15, 0.2) is 0 Å². The minimum absolute atomic E-state index is 0.894. The molecule has 0 aliphatic carbocycles. The monoisotopic (exact) mass is 265 g/mol. The zero-order chi connectivity index (χ0) is 13.1. The standard InChI is InChI=1S/C16H31N3/c1-17-9-5-14-6-11-19(12-7-14)16-8-13-18-10-3-2-4-15(16)18/h14-17H,2-13H2,1H3. The highest BCUT2D eigenvalue weighted by Gasteiger charge is 2.39. The maximum absolute atomic E-state index is 3.30. The van der Waals surface area contributed by atoms with Crippen molar-refractivity contribution in [3.05, 3.63) is 0 Å². The number of nitrogens with one attached hydrogen (secondary N) is 1. The molecule has 0 aromatic carbocycles. The quantitative estimate of drug-likeness (QED) is 0.838. The molecule has 3 aliphatic rings. The van der Waals surface area contributed by atoms with Crippen LogP contribution in [-0.4, -0.2) is 61.7 Å². The molecule has 3 rings (SSSR count). The van der Waals surface area contributed by atoms with Crippen molar-refractivity contribution in [3.8, 4) is 0 Å². The normalized spacial score (nSPS) is 34.6. The van der Waals surface area contributed by atoms with Crippen LogP contribution in [0, 0.1) is 5.92 Å². The molecule has 0 saturated carbocycles. The Balaban J connectivity index is 1.48. The van der Waals surface area contributed by atoms with Crippen molar-refractivity contribution in [2.24, 2.45) is 5.92 Å². The lowest BCUT2D eigenvalue weighted by Crippen LogP contribution is -2.49. The van der Waals surface area contributed by atoms with Gasteiger partial charge in [-0.1, -0.05) is 6.42 Å². The number of hydrogen-bond donors (Lipinski definition) is 1. The summed E-state index contributed by atoms with van der Waals surface area (Å²) in [6.45, 7) is 6.67. The smallest absolute Gasteiger partial charge is 0.0263 e. The molecule has 3 saturated heterocycles. The molecule has 110 valence electrons. The van der Waals surface area contributed by atoms with Crippen molar-refractivity contribution in [1.82, 2.24) is 15.1 Å². The summed E-state index contributed by atoms with van der Waals surface area (Å²) < 4.78 is 0. The predicted molar refractivity (Wildman–Crippen MR) is 80.5 cm³/mol. The van der Waals surface area contributed by atoms with E-state index < -0.39 is 0 Å². The van der Waals surface area contributed by atoms with E-state index in [0.29, 0.717) is 0 Å². The van der Waals surface area contributed by atoms with Crippen molar-refractivity contribution < 1.29 is 0 Å². The Morgan fingerprint density at radius 1 is 0.842 bits per heavy atom. The van der Waals surface area contributed by atoms with Gasteiger partial charge in [-0.25, -0.2) is 0 Å². The van der Waals surface area contributed by atoms with Crippen molar-refractivity contribution in [2.75, 3.05) is 39.8 Å². The molecule has 1 N–H and O–H groups in total. The molecule has 0 aromatic heterocycles. The molecule has 2 unspecified atom stereocenters. The first-order valence-corrected chi connectivity index (χ1v) is 8.51. The van der Waals surface area contributed by atoms with E-state index >= 15 is 0 Å². The van der Waals surface area contributed by atoms with Crippen LogP contribution < -0.4 is 5.32 Å². The van der Waals surface area contributed by atoms with Crippen LogP contribution in [0.4, 0.5) is 0 Å². The topological polar surface area (TPSA) is 18.5 Å². The minimum atomic E-state index is 0.894. The number of nitrogens with zero attached hydrogens (tertiary/aromatic N) is 2. The first-order valence-electron chi connectivity index (χ1n) is 8.51. The van der Waals surface area contributed by atoms with Crippen LogP contribution in [0.3, 0.4) is 0 Å². The molecule has 0 bridgehead atoms. The average Bonchev–Trinajstić information content (AvgIpc) is 2.90. The highest BCUT2D eigenvalue weighted by molar-refractivity contribution is 4.96. The summed E-state index contributed by atoms with van der Waals surface area (Å²) in [6.07, 6.45) is 10.1. The van der Waals surface area contributed by atoms with Gasteiger partial charge in [0.2, 0.25) is 0 Å². The Kier molecular flexibility index (Phi) is 4.78.